The van der Waals surface area contributed by atoms with Crippen molar-refractivity contribution in [2.75, 3.05) is 11.9 Å². The molecular formula is C16H20N4O. The van der Waals surface area contributed by atoms with Gasteiger partial charge in [-0.05, 0) is 24.5 Å². The van der Waals surface area contributed by atoms with Gasteiger partial charge in [0.05, 0.1) is 6.33 Å². The molecule has 0 bridgehead atoms. The predicted molar refractivity (Wildman–Crippen MR) is 82.0 cm³/mol. The Bertz CT molecular complexity index is 569. The second-order valence-corrected chi connectivity index (χ2v) is 5.36. The second kappa shape index (κ2) is 6.43. The van der Waals surface area contributed by atoms with Crippen molar-refractivity contribution in [2.24, 2.45) is 0 Å². The summed E-state index contributed by atoms with van der Waals surface area (Å²) in [5, 5.41) is 6.29. The molecular weight excluding hydrogens is 264 g/mol. The molecule has 0 saturated carbocycles. The van der Waals surface area contributed by atoms with Gasteiger partial charge in [-0.25, -0.2) is 4.98 Å². The molecule has 0 fully saturated rings. The number of unbranched alkanes of at least 4 members (excludes halogenated alkanes) is 1. The van der Waals surface area contributed by atoms with Gasteiger partial charge < -0.3 is 15.2 Å². The third kappa shape index (κ3) is 3.42. The first kappa shape index (κ1) is 13.7. The van der Waals surface area contributed by atoms with Crippen LogP contribution in [-0.4, -0.2) is 28.0 Å². The van der Waals surface area contributed by atoms with Crippen LogP contribution in [0.25, 0.3) is 0 Å². The van der Waals surface area contributed by atoms with E-state index in [2.05, 4.69) is 26.3 Å². The normalized spacial score (nSPS) is 16.3. The van der Waals surface area contributed by atoms with Crippen molar-refractivity contribution in [3.63, 3.8) is 0 Å². The molecule has 2 aromatic rings. The average Bonchev–Trinajstić information content (AvgIpc) is 3.15. The summed E-state index contributed by atoms with van der Waals surface area (Å²) in [6.07, 6.45) is 8.34. The van der Waals surface area contributed by atoms with Crippen molar-refractivity contribution in [1.29, 1.82) is 0 Å². The van der Waals surface area contributed by atoms with Gasteiger partial charge in [0, 0.05) is 37.6 Å². The molecule has 1 aliphatic rings. The van der Waals surface area contributed by atoms with E-state index in [0.29, 0.717) is 0 Å². The van der Waals surface area contributed by atoms with Crippen LogP contribution in [0.2, 0.25) is 0 Å². The maximum Gasteiger partial charge on any atom is 0.242 e. The number of aryl methyl sites for hydroxylation is 1. The number of imidazole rings is 1. The summed E-state index contributed by atoms with van der Waals surface area (Å²) in [5.74, 6) is 0.0915. The number of amides is 1. The number of carbonyl (C=O) groups excluding carboxylic acids is 1. The maximum absolute atomic E-state index is 12.1. The largest absolute Gasteiger partial charge is 0.373 e. The third-order valence-electron chi connectivity index (χ3n) is 3.79. The van der Waals surface area contributed by atoms with E-state index in [0.717, 1.165) is 38.0 Å². The van der Waals surface area contributed by atoms with Crippen molar-refractivity contribution >= 4 is 11.6 Å². The van der Waals surface area contributed by atoms with Crippen LogP contribution in [0.3, 0.4) is 0 Å². The molecule has 3 rings (SSSR count). The minimum Gasteiger partial charge on any atom is -0.373 e. The van der Waals surface area contributed by atoms with E-state index >= 15 is 0 Å². The van der Waals surface area contributed by atoms with Gasteiger partial charge in [-0.1, -0.05) is 18.2 Å². The lowest BCUT2D eigenvalue weighted by atomic mass is 10.1. The van der Waals surface area contributed by atoms with Crippen LogP contribution in [0.1, 0.15) is 18.4 Å². The zero-order valence-corrected chi connectivity index (χ0v) is 12.0. The molecule has 1 aromatic heterocycles. The summed E-state index contributed by atoms with van der Waals surface area (Å²) >= 11 is 0. The van der Waals surface area contributed by atoms with E-state index in [9.17, 15) is 4.79 Å². The first-order chi connectivity index (χ1) is 10.3. The highest BCUT2D eigenvalue weighted by molar-refractivity contribution is 5.87. The highest BCUT2D eigenvalue weighted by Gasteiger charge is 2.25. The van der Waals surface area contributed by atoms with E-state index in [-0.39, 0.29) is 11.9 Å². The fourth-order valence-electron chi connectivity index (χ4n) is 2.63. The number of carbonyl (C=O) groups is 1. The number of aromatic nitrogens is 2. The number of para-hydroxylation sites is 1. The zero-order chi connectivity index (χ0) is 14.5. The lowest BCUT2D eigenvalue weighted by molar-refractivity contribution is -0.121. The lowest BCUT2D eigenvalue weighted by Gasteiger charge is -2.12. The molecule has 1 aliphatic heterocycles. The number of benzene rings is 1. The van der Waals surface area contributed by atoms with Crippen molar-refractivity contribution in [3.8, 4) is 0 Å². The van der Waals surface area contributed by atoms with Crippen LogP contribution in [0.5, 0.6) is 0 Å². The van der Waals surface area contributed by atoms with E-state index < -0.39 is 0 Å². The molecule has 0 radical (unpaired) electrons. The third-order valence-corrected chi connectivity index (χ3v) is 3.79. The molecule has 0 saturated heterocycles. The van der Waals surface area contributed by atoms with Gasteiger partial charge in [-0.2, -0.15) is 0 Å². The second-order valence-electron chi connectivity index (χ2n) is 5.36. The van der Waals surface area contributed by atoms with Crippen LogP contribution in [0, 0.1) is 0 Å². The molecule has 110 valence electrons. The molecule has 1 amide bonds. The van der Waals surface area contributed by atoms with Crippen LogP contribution in [0.4, 0.5) is 5.69 Å². The fourth-order valence-corrected chi connectivity index (χ4v) is 2.63. The van der Waals surface area contributed by atoms with Gasteiger partial charge in [-0.15, -0.1) is 0 Å². The summed E-state index contributed by atoms with van der Waals surface area (Å²) in [6.45, 7) is 1.67. The van der Waals surface area contributed by atoms with Crippen molar-refractivity contribution < 1.29 is 4.79 Å². The van der Waals surface area contributed by atoms with E-state index in [1.54, 1.807) is 6.20 Å². The SMILES string of the molecule is O=C(NCCCCn1ccnc1)C1Cc2ccccc2N1. The Hall–Kier alpha value is -2.30. The van der Waals surface area contributed by atoms with Gasteiger partial charge in [-0.3, -0.25) is 4.79 Å². The number of nitrogens with zero attached hydrogens (tertiary/aromatic N) is 2. The van der Waals surface area contributed by atoms with Crippen molar-refractivity contribution in [1.82, 2.24) is 14.9 Å². The van der Waals surface area contributed by atoms with Gasteiger partial charge in [0.1, 0.15) is 6.04 Å². The Morgan fingerprint density at radius 2 is 2.29 bits per heavy atom. The Balaban J connectivity index is 1.36. The highest BCUT2D eigenvalue weighted by Crippen LogP contribution is 2.24. The number of anilines is 1. The summed E-state index contributed by atoms with van der Waals surface area (Å²) in [5.41, 5.74) is 2.30. The minimum atomic E-state index is -0.129. The van der Waals surface area contributed by atoms with Crippen LogP contribution in [0.15, 0.2) is 43.0 Å². The molecule has 1 unspecified atom stereocenters. The number of nitrogens with one attached hydrogen (secondary N) is 2. The van der Waals surface area contributed by atoms with E-state index in [1.165, 1.54) is 5.56 Å². The summed E-state index contributed by atoms with van der Waals surface area (Å²) in [4.78, 5) is 16.1. The standard InChI is InChI=1S/C16H20N4O/c21-16(15-11-13-5-1-2-6-14(13)19-15)18-7-3-4-9-20-10-8-17-12-20/h1-2,5-6,8,10,12,15,19H,3-4,7,9,11H2,(H,18,21). The fraction of sp³-hybridized carbons (Fsp3) is 0.375. The number of hydrogen-bond donors (Lipinski definition) is 2. The smallest absolute Gasteiger partial charge is 0.242 e. The van der Waals surface area contributed by atoms with Gasteiger partial charge >= 0.3 is 0 Å². The highest BCUT2D eigenvalue weighted by atomic mass is 16.2. The van der Waals surface area contributed by atoms with Gasteiger partial charge in [0.25, 0.3) is 0 Å². The number of fused-ring (bicyclic) bond motifs is 1. The molecule has 1 aromatic carbocycles. The molecule has 5 heteroatoms. The van der Waals surface area contributed by atoms with Crippen LogP contribution < -0.4 is 10.6 Å². The Kier molecular flexibility index (Phi) is 4.19. The number of hydrogen-bond acceptors (Lipinski definition) is 3. The van der Waals surface area contributed by atoms with Crippen molar-refractivity contribution in [3.05, 3.63) is 48.5 Å². The minimum absolute atomic E-state index is 0.0915. The zero-order valence-electron chi connectivity index (χ0n) is 12.0. The molecule has 21 heavy (non-hydrogen) atoms. The van der Waals surface area contributed by atoms with E-state index in [4.69, 9.17) is 0 Å². The van der Waals surface area contributed by atoms with Gasteiger partial charge in [0.15, 0.2) is 0 Å². The monoisotopic (exact) mass is 284 g/mol. The molecule has 2 heterocycles. The topological polar surface area (TPSA) is 59.0 Å². The van der Waals surface area contributed by atoms with Gasteiger partial charge in [0.2, 0.25) is 5.91 Å². The Labute approximate surface area is 124 Å². The Morgan fingerprint density at radius 3 is 3.10 bits per heavy atom. The molecule has 1 atom stereocenters. The maximum atomic E-state index is 12.1. The van der Waals surface area contributed by atoms with Crippen LogP contribution >= 0.6 is 0 Å². The molecule has 0 aliphatic carbocycles. The quantitative estimate of drug-likeness (QED) is 0.795. The molecule has 2 N–H and O–H groups in total. The summed E-state index contributed by atoms with van der Waals surface area (Å²) in [6, 6.07) is 7.96. The van der Waals surface area contributed by atoms with Crippen LogP contribution in [-0.2, 0) is 17.8 Å². The molecule has 0 spiro atoms. The first-order valence-electron chi connectivity index (χ1n) is 7.41. The lowest BCUT2D eigenvalue weighted by Crippen LogP contribution is -2.38. The van der Waals surface area contributed by atoms with Crippen molar-refractivity contribution in [2.45, 2.75) is 31.8 Å². The van der Waals surface area contributed by atoms with E-state index in [1.807, 2.05) is 30.7 Å². The summed E-state index contributed by atoms with van der Waals surface area (Å²) in [7, 11) is 0. The molecule has 5 nitrogen and oxygen atoms in total. The number of rotatable bonds is 6. The average molecular weight is 284 g/mol. The Morgan fingerprint density at radius 1 is 1.38 bits per heavy atom. The predicted octanol–water partition coefficient (Wildman–Crippen LogP) is 1.82. The first-order valence-corrected chi connectivity index (χ1v) is 7.41. The summed E-state index contributed by atoms with van der Waals surface area (Å²) < 4.78 is 2.05.